The molecule has 4 N–H and O–H groups in total. The Labute approximate surface area is 356 Å². The number of hydrogen-bond acceptors (Lipinski definition) is 10. The second-order valence-electron chi connectivity index (χ2n) is 12.8. The molecule has 57 heavy (non-hydrogen) atoms. The van der Waals surface area contributed by atoms with E-state index in [1.165, 1.54) is 0 Å². The lowest BCUT2D eigenvalue weighted by molar-refractivity contribution is -0.305. The zero-order valence-electron chi connectivity index (χ0n) is 32.7. The van der Waals surface area contributed by atoms with Crippen molar-refractivity contribution >= 4 is 43.8 Å². The van der Waals surface area contributed by atoms with Crippen LogP contribution in [0.4, 0.5) is 0 Å². The number of carbonyl (C=O) groups excluding carboxylic acids is 2. The summed E-state index contributed by atoms with van der Waals surface area (Å²) in [4.78, 5) is 28.6. The van der Waals surface area contributed by atoms with Crippen LogP contribution in [0.1, 0.15) is 103 Å². The molecule has 0 saturated carbocycles. The number of esters is 2. The van der Waals surface area contributed by atoms with Crippen LogP contribution in [-0.2, 0) is 28.5 Å². The smallest absolute Gasteiger partial charge is 0.306 e. The number of rotatable bonds is 24. The molecule has 1 fully saturated rings. The summed E-state index contributed by atoms with van der Waals surface area (Å²) in [7, 11) is 0. The van der Waals surface area contributed by atoms with Crippen LogP contribution in [0.3, 0.4) is 0 Å². The number of carbonyl (C=O) groups is 2. The highest BCUT2D eigenvalue weighted by Crippen LogP contribution is 2.22. The Morgan fingerprint density at radius 1 is 0.614 bits per heavy atom. The van der Waals surface area contributed by atoms with Crippen molar-refractivity contribution in [3.8, 4) is 47.4 Å². The summed E-state index contributed by atoms with van der Waals surface area (Å²) in [5, 5.41) is 40.0. The summed E-state index contributed by atoms with van der Waals surface area (Å²) < 4.78 is 21.9. The maximum absolute atomic E-state index is 12.7. The Balaban J connectivity index is 2.46. The maximum Gasteiger partial charge on any atom is 0.306 e. The van der Waals surface area contributed by atoms with Gasteiger partial charge in [-0.1, -0.05) is 117 Å². The maximum atomic E-state index is 12.7. The third kappa shape index (κ3) is 28.6. The molecule has 0 amide bonds. The van der Waals surface area contributed by atoms with Crippen molar-refractivity contribution in [3.05, 3.63) is 58.6 Å². The van der Waals surface area contributed by atoms with Gasteiger partial charge in [0.25, 0.3) is 0 Å². The Hall–Kier alpha value is -3.40. The summed E-state index contributed by atoms with van der Waals surface area (Å²) in [6.07, 6.45) is 18.8. The van der Waals surface area contributed by atoms with Crippen molar-refractivity contribution < 1.29 is 49.0 Å². The van der Waals surface area contributed by atoms with Gasteiger partial charge in [-0.15, -0.1) is 0 Å². The monoisotopic (exact) mass is 916 g/mol. The molecule has 312 valence electrons. The lowest BCUT2D eigenvalue weighted by Crippen LogP contribution is -2.59. The first-order valence-electron chi connectivity index (χ1n) is 19.5. The fraction of sp³-hybridized carbons (Fsp3) is 0.556. The van der Waals surface area contributed by atoms with E-state index in [9.17, 15) is 30.0 Å². The summed E-state index contributed by atoms with van der Waals surface area (Å²) >= 11 is 6.35. The van der Waals surface area contributed by atoms with E-state index in [4.69, 9.17) is 18.9 Å². The molecule has 1 rings (SSSR count). The van der Waals surface area contributed by atoms with Gasteiger partial charge in [-0.25, -0.2) is 0 Å². The highest BCUT2D eigenvalue weighted by molar-refractivity contribution is 9.11. The van der Waals surface area contributed by atoms with E-state index < -0.39 is 55.4 Å². The predicted molar refractivity (Wildman–Crippen MR) is 229 cm³/mol. The average molecular weight is 919 g/mol. The van der Waals surface area contributed by atoms with Crippen LogP contribution in [0.5, 0.6) is 0 Å². The van der Waals surface area contributed by atoms with E-state index in [2.05, 4.69) is 85.3 Å². The molecular weight excluding hydrogens is 860 g/mol. The molecule has 0 spiro atoms. The van der Waals surface area contributed by atoms with Crippen LogP contribution in [-0.4, -0.2) is 89.0 Å². The van der Waals surface area contributed by atoms with Gasteiger partial charge in [0.15, 0.2) is 12.4 Å². The van der Waals surface area contributed by atoms with Crippen LogP contribution in [0.25, 0.3) is 0 Å². The van der Waals surface area contributed by atoms with Crippen molar-refractivity contribution in [2.24, 2.45) is 0 Å². The molecule has 6 atom stereocenters. The Morgan fingerprint density at radius 2 is 1.16 bits per heavy atom. The standard InChI is InChI=1S/C45H58Br2O10/c46-33-29-25-21-17-13-9-5-1-3-7-11-15-19-23-27-31-40(49)54-36-38(37-55-45-44(53)43(52)42(51)39(35-48)57-45)56-41(50)32-28-24-20-16-12-8-4-2-6-10-14-18-22-26-30-34-47/h2,4,7,11,14,18,29-30,33-34,38-39,42-45,48,51-53H,1,3,5-6,9-10,13,16-17,20,23-24,27-28,31-32,35-37H2/b4-2+,11-7+,18-14+,33-29+,34-30+/t38?,39-,42+,43+,44-,45-/m1/s1. The van der Waals surface area contributed by atoms with E-state index in [1.54, 1.807) is 22.1 Å². The van der Waals surface area contributed by atoms with Gasteiger partial charge in [-0.05, 0) is 91.7 Å². The van der Waals surface area contributed by atoms with Gasteiger partial charge in [0.1, 0.15) is 31.0 Å². The SMILES string of the molecule is O=C(CCCC#C/C=C/CCCCCCC#C/C=C/Br)OCC(CO[C@@H]1O[C@H](CO)[C@H](O)[C@H](O)[C@H]1O)OC(=O)CCCCCC#C/C=C/CC/C=C/C#C/C=C/Br. The van der Waals surface area contributed by atoms with Gasteiger partial charge in [0.2, 0.25) is 0 Å². The molecular formula is C45H58Br2O10. The third-order valence-corrected chi connectivity index (χ3v) is 8.63. The Morgan fingerprint density at radius 3 is 1.82 bits per heavy atom. The minimum Gasteiger partial charge on any atom is -0.462 e. The van der Waals surface area contributed by atoms with E-state index in [0.29, 0.717) is 25.7 Å². The molecule has 1 aliphatic rings. The largest absolute Gasteiger partial charge is 0.462 e. The molecule has 0 aliphatic carbocycles. The fourth-order valence-electron chi connectivity index (χ4n) is 5.01. The summed E-state index contributed by atoms with van der Waals surface area (Å²) in [5.74, 6) is 22.9. The number of aliphatic hydroxyl groups is 4. The highest BCUT2D eigenvalue weighted by Gasteiger charge is 2.44. The average Bonchev–Trinajstić information content (AvgIpc) is 3.21. The fourth-order valence-corrected chi connectivity index (χ4v) is 5.27. The molecule has 0 bridgehead atoms. The molecule has 10 nitrogen and oxygen atoms in total. The van der Waals surface area contributed by atoms with Crippen molar-refractivity contribution in [3.63, 3.8) is 0 Å². The summed E-state index contributed by atoms with van der Waals surface area (Å²) in [6.45, 7) is -1.27. The number of allylic oxidation sites excluding steroid dienone is 8. The molecule has 1 saturated heterocycles. The van der Waals surface area contributed by atoms with Crippen molar-refractivity contribution in [2.45, 2.75) is 140 Å². The van der Waals surface area contributed by atoms with Crippen LogP contribution >= 0.6 is 31.9 Å². The topological polar surface area (TPSA) is 152 Å². The van der Waals surface area contributed by atoms with E-state index in [0.717, 1.165) is 64.2 Å². The van der Waals surface area contributed by atoms with Crippen LogP contribution in [0.15, 0.2) is 58.6 Å². The van der Waals surface area contributed by atoms with E-state index >= 15 is 0 Å². The molecule has 0 aromatic heterocycles. The zero-order chi connectivity index (χ0) is 41.6. The second kappa shape index (κ2) is 36.9. The van der Waals surface area contributed by atoms with Crippen LogP contribution in [0.2, 0.25) is 0 Å². The van der Waals surface area contributed by atoms with E-state index in [1.807, 2.05) is 30.4 Å². The van der Waals surface area contributed by atoms with Gasteiger partial charge in [-0.3, -0.25) is 9.59 Å². The highest BCUT2D eigenvalue weighted by atomic mass is 79.9. The molecule has 12 heteroatoms. The molecule has 1 heterocycles. The van der Waals surface area contributed by atoms with Crippen molar-refractivity contribution in [2.75, 3.05) is 19.8 Å². The number of hydrogen-bond donors (Lipinski definition) is 4. The third-order valence-electron chi connectivity index (χ3n) is 8.10. The first kappa shape index (κ1) is 51.6. The Kier molecular flexibility index (Phi) is 33.4. The van der Waals surface area contributed by atoms with E-state index in [-0.39, 0.29) is 26.1 Å². The van der Waals surface area contributed by atoms with Gasteiger partial charge in [0.05, 0.1) is 13.2 Å². The number of aliphatic hydroxyl groups excluding tert-OH is 4. The quantitative estimate of drug-likeness (QED) is 0.0453. The molecule has 0 aromatic carbocycles. The normalized spacial score (nSPS) is 19.7. The van der Waals surface area contributed by atoms with Crippen LogP contribution < -0.4 is 0 Å². The number of unbranched alkanes of at least 4 members (excludes halogenated alkanes) is 10. The molecule has 0 radical (unpaired) electrons. The summed E-state index contributed by atoms with van der Waals surface area (Å²) in [6, 6.07) is 0. The lowest BCUT2D eigenvalue weighted by atomic mass is 9.99. The molecule has 1 aliphatic heterocycles. The first-order chi connectivity index (χ1) is 27.8. The van der Waals surface area contributed by atoms with Crippen molar-refractivity contribution in [1.29, 1.82) is 0 Å². The minimum atomic E-state index is -1.63. The minimum absolute atomic E-state index is 0.116. The first-order valence-corrected chi connectivity index (χ1v) is 21.4. The van der Waals surface area contributed by atoms with Gasteiger partial charge >= 0.3 is 11.9 Å². The summed E-state index contributed by atoms with van der Waals surface area (Å²) in [5.41, 5.74) is 0. The number of halogens is 2. The zero-order valence-corrected chi connectivity index (χ0v) is 35.8. The molecule has 0 aromatic rings. The Bertz CT molecular complexity index is 1520. The predicted octanol–water partition coefficient (Wildman–Crippen LogP) is 7.00. The van der Waals surface area contributed by atoms with Crippen LogP contribution in [0, 0.1) is 47.4 Å². The van der Waals surface area contributed by atoms with Crippen molar-refractivity contribution in [1.82, 2.24) is 0 Å². The van der Waals surface area contributed by atoms with Gasteiger partial charge in [0, 0.05) is 32.1 Å². The van der Waals surface area contributed by atoms with Gasteiger partial charge in [-0.2, -0.15) is 0 Å². The van der Waals surface area contributed by atoms with Gasteiger partial charge < -0.3 is 39.4 Å². The lowest BCUT2D eigenvalue weighted by Gasteiger charge is -2.39. The number of ether oxygens (including phenoxy) is 4. The second-order valence-corrected chi connectivity index (χ2v) is 13.9. The molecule has 1 unspecified atom stereocenters.